The number of rotatable bonds is 80. The number of phosphoric acid groups is 2. The Morgan fingerprint density at radius 1 is 0.280 bits per heavy atom. The van der Waals surface area contributed by atoms with Crippen LogP contribution in [0.15, 0.2) is 0 Å². The van der Waals surface area contributed by atoms with Crippen LogP contribution in [0.5, 0.6) is 0 Å². The highest BCUT2D eigenvalue weighted by Gasteiger charge is 2.30. The van der Waals surface area contributed by atoms with E-state index < -0.39 is 97.5 Å². The van der Waals surface area contributed by atoms with Gasteiger partial charge < -0.3 is 33.8 Å². The van der Waals surface area contributed by atoms with Gasteiger partial charge in [0.05, 0.1) is 26.4 Å². The summed E-state index contributed by atoms with van der Waals surface area (Å²) in [5.41, 5.74) is 0. The third kappa shape index (κ3) is 71.7. The van der Waals surface area contributed by atoms with Crippen LogP contribution in [0.3, 0.4) is 0 Å². The molecule has 0 aromatic carbocycles. The number of hydrogen-bond acceptors (Lipinski definition) is 15. The molecule has 0 saturated heterocycles. The van der Waals surface area contributed by atoms with Crippen molar-refractivity contribution in [1.29, 1.82) is 0 Å². The summed E-state index contributed by atoms with van der Waals surface area (Å²) in [6.45, 7) is 9.58. The highest BCUT2D eigenvalue weighted by Crippen LogP contribution is 2.45. The Balaban J connectivity index is 5.23. The standard InChI is InChI=1S/C81H158O17P2/c1-7-11-13-15-17-19-21-23-25-27-29-30-32-34-36-38-40-45-53-59-65-80(85)97-76(69-91-78(83)63-57-51-44-39-37-35-33-31-28-26-24-22-20-18-16-14-12-8-2)71-95-99(87,88)93-67-75(82)68-94-100(89,90)96-72-77(70-92-79(84)64-58-52-48-47-50-56-62-74(6)10-4)98-81(86)66-60-54-46-42-41-43-49-55-61-73(5)9-3/h73-77,82H,7-72H2,1-6H3,(H,87,88)(H,89,90)/t73?,74?,75-,76-,77-/m1/s1. The summed E-state index contributed by atoms with van der Waals surface area (Å²) in [5, 5.41) is 10.6. The van der Waals surface area contributed by atoms with E-state index in [9.17, 15) is 43.2 Å². The molecule has 3 N–H and O–H groups in total. The first kappa shape index (κ1) is 98.1. The largest absolute Gasteiger partial charge is 0.472 e. The summed E-state index contributed by atoms with van der Waals surface area (Å²) < 4.78 is 68.7. The van der Waals surface area contributed by atoms with Crippen molar-refractivity contribution in [2.75, 3.05) is 39.6 Å². The van der Waals surface area contributed by atoms with Gasteiger partial charge in [-0.1, -0.05) is 375 Å². The van der Waals surface area contributed by atoms with Crippen molar-refractivity contribution in [1.82, 2.24) is 0 Å². The van der Waals surface area contributed by atoms with Crippen LogP contribution in [0, 0.1) is 11.8 Å². The minimum atomic E-state index is -4.96. The Morgan fingerprint density at radius 3 is 0.710 bits per heavy atom. The summed E-state index contributed by atoms with van der Waals surface area (Å²) in [4.78, 5) is 73.0. The normalized spacial score (nSPS) is 14.4. The van der Waals surface area contributed by atoms with Crippen molar-refractivity contribution in [2.45, 2.75) is 445 Å². The molecule has 0 fully saturated rings. The van der Waals surface area contributed by atoms with Crippen molar-refractivity contribution in [3.63, 3.8) is 0 Å². The summed E-state index contributed by atoms with van der Waals surface area (Å²) in [6.07, 6.45) is 62.6. The van der Waals surface area contributed by atoms with Crippen LogP contribution in [-0.4, -0.2) is 96.7 Å². The second kappa shape index (κ2) is 72.6. The Morgan fingerprint density at radius 2 is 0.480 bits per heavy atom. The smallest absolute Gasteiger partial charge is 0.462 e. The molecule has 100 heavy (non-hydrogen) atoms. The number of carbonyl (C=O) groups is 4. The third-order valence-corrected chi connectivity index (χ3v) is 21.6. The molecule has 0 aromatic heterocycles. The average Bonchev–Trinajstić information content (AvgIpc) is 0.930. The van der Waals surface area contributed by atoms with E-state index in [2.05, 4.69) is 41.5 Å². The van der Waals surface area contributed by atoms with E-state index in [-0.39, 0.29) is 25.7 Å². The number of unbranched alkanes of at least 4 members (excludes halogenated alkanes) is 48. The molecule has 7 atom stereocenters. The molecule has 0 saturated carbocycles. The molecular formula is C81H158O17P2. The Hall–Kier alpha value is -1.94. The maximum absolute atomic E-state index is 13.1. The van der Waals surface area contributed by atoms with Gasteiger partial charge in [0.2, 0.25) is 0 Å². The Kier molecular flexibility index (Phi) is 71.2. The molecule has 0 bridgehead atoms. The van der Waals surface area contributed by atoms with E-state index in [4.69, 9.17) is 37.0 Å². The van der Waals surface area contributed by atoms with E-state index in [0.29, 0.717) is 25.7 Å². The third-order valence-electron chi connectivity index (χ3n) is 19.7. The molecular weight excluding hydrogens is 1310 g/mol. The molecule has 0 aliphatic carbocycles. The van der Waals surface area contributed by atoms with Crippen LogP contribution in [0.1, 0.15) is 427 Å². The van der Waals surface area contributed by atoms with E-state index in [1.54, 1.807) is 0 Å². The minimum absolute atomic E-state index is 0.104. The molecule has 0 heterocycles. The molecule has 0 radical (unpaired) electrons. The number of hydrogen-bond donors (Lipinski definition) is 3. The van der Waals surface area contributed by atoms with Gasteiger partial charge in [0.25, 0.3) is 0 Å². The van der Waals surface area contributed by atoms with E-state index in [1.165, 1.54) is 238 Å². The van der Waals surface area contributed by atoms with Crippen LogP contribution in [0.4, 0.5) is 0 Å². The number of aliphatic hydroxyl groups excluding tert-OH is 1. The van der Waals surface area contributed by atoms with Crippen molar-refractivity contribution in [3.05, 3.63) is 0 Å². The van der Waals surface area contributed by atoms with Gasteiger partial charge in [0.15, 0.2) is 12.2 Å². The highest BCUT2D eigenvalue weighted by molar-refractivity contribution is 7.47. The molecule has 17 nitrogen and oxygen atoms in total. The molecule has 0 spiro atoms. The van der Waals surface area contributed by atoms with Gasteiger partial charge in [-0.05, 0) is 37.5 Å². The highest BCUT2D eigenvalue weighted by atomic mass is 31.2. The molecule has 4 unspecified atom stereocenters. The zero-order valence-corrected chi connectivity index (χ0v) is 67.3. The van der Waals surface area contributed by atoms with Crippen LogP contribution in [-0.2, 0) is 65.4 Å². The number of phosphoric ester groups is 2. The predicted octanol–water partition coefficient (Wildman–Crippen LogP) is 24.3. The van der Waals surface area contributed by atoms with Crippen LogP contribution >= 0.6 is 15.6 Å². The van der Waals surface area contributed by atoms with Gasteiger partial charge in [0, 0.05) is 25.7 Å². The summed E-state index contributed by atoms with van der Waals surface area (Å²) in [7, 11) is -9.92. The summed E-state index contributed by atoms with van der Waals surface area (Å²) in [6, 6.07) is 0. The molecule has 19 heteroatoms. The van der Waals surface area contributed by atoms with Crippen molar-refractivity contribution in [3.8, 4) is 0 Å². The van der Waals surface area contributed by atoms with E-state index >= 15 is 0 Å². The zero-order chi connectivity index (χ0) is 73.5. The van der Waals surface area contributed by atoms with Gasteiger partial charge in [-0.3, -0.25) is 37.3 Å². The number of esters is 4. The topological polar surface area (TPSA) is 237 Å². The van der Waals surface area contributed by atoms with Gasteiger partial charge >= 0.3 is 39.5 Å². The zero-order valence-electron chi connectivity index (χ0n) is 65.5. The van der Waals surface area contributed by atoms with Gasteiger partial charge in [-0.15, -0.1) is 0 Å². The first-order valence-corrected chi connectivity index (χ1v) is 45.1. The lowest BCUT2D eigenvalue weighted by atomic mass is 9.99. The fourth-order valence-corrected chi connectivity index (χ4v) is 14.1. The van der Waals surface area contributed by atoms with Crippen LogP contribution < -0.4 is 0 Å². The first-order chi connectivity index (χ1) is 48.4. The van der Waals surface area contributed by atoms with Crippen LogP contribution in [0.2, 0.25) is 0 Å². The maximum atomic E-state index is 13.1. The number of ether oxygens (including phenoxy) is 4. The summed E-state index contributed by atoms with van der Waals surface area (Å²) in [5.74, 6) is -0.612. The fourth-order valence-electron chi connectivity index (χ4n) is 12.5. The quantitative estimate of drug-likeness (QED) is 0.0222. The van der Waals surface area contributed by atoms with E-state index in [0.717, 1.165) is 108 Å². The molecule has 0 rings (SSSR count). The first-order valence-electron chi connectivity index (χ1n) is 42.1. The number of carbonyl (C=O) groups excluding carboxylic acids is 4. The monoisotopic (exact) mass is 1470 g/mol. The van der Waals surface area contributed by atoms with Gasteiger partial charge in [0.1, 0.15) is 19.3 Å². The Bertz CT molecular complexity index is 1930. The minimum Gasteiger partial charge on any atom is -0.462 e. The molecule has 0 aliphatic rings. The summed E-state index contributed by atoms with van der Waals surface area (Å²) >= 11 is 0. The van der Waals surface area contributed by atoms with E-state index in [1.807, 2.05) is 0 Å². The van der Waals surface area contributed by atoms with Gasteiger partial charge in [-0.25, -0.2) is 9.13 Å². The van der Waals surface area contributed by atoms with Gasteiger partial charge in [-0.2, -0.15) is 0 Å². The lowest BCUT2D eigenvalue weighted by molar-refractivity contribution is -0.161. The number of aliphatic hydroxyl groups is 1. The molecule has 0 aliphatic heterocycles. The fraction of sp³-hybridized carbons (Fsp3) is 0.951. The lowest BCUT2D eigenvalue weighted by Gasteiger charge is -2.21. The average molecular weight is 1470 g/mol. The predicted molar refractivity (Wildman–Crippen MR) is 409 cm³/mol. The van der Waals surface area contributed by atoms with Crippen molar-refractivity contribution < 1.29 is 80.2 Å². The van der Waals surface area contributed by atoms with Crippen molar-refractivity contribution in [2.24, 2.45) is 11.8 Å². The maximum Gasteiger partial charge on any atom is 0.472 e. The lowest BCUT2D eigenvalue weighted by Crippen LogP contribution is -2.30. The van der Waals surface area contributed by atoms with Crippen LogP contribution in [0.25, 0.3) is 0 Å². The molecule has 0 amide bonds. The second-order valence-corrected chi connectivity index (χ2v) is 32.6. The van der Waals surface area contributed by atoms with Crippen molar-refractivity contribution >= 4 is 39.5 Å². The Labute approximate surface area is 613 Å². The second-order valence-electron chi connectivity index (χ2n) is 29.6. The molecule has 594 valence electrons. The molecule has 0 aromatic rings. The SMILES string of the molecule is CCCCCCCCCCCCCCCCCCCCCCC(=O)O[C@H](COC(=O)CCCCCCCCCCCCCCCCCCCC)COP(=O)(O)OC[C@@H](O)COP(=O)(O)OC[C@@H](COC(=O)CCCCCCCCC(C)CC)OC(=O)CCCCCCCCCCC(C)CC.